The van der Waals surface area contributed by atoms with Gasteiger partial charge in [-0.05, 0) is 48.7 Å². The van der Waals surface area contributed by atoms with Gasteiger partial charge in [0.2, 0.25) is 0 Å². The third-order valence-electron chi connectivity index (χ3n) is 3.94. The number of anilines is 3. The second-order valence-electron chi connectivity index (χ2n) is 5.72. The van der Waals surface area contributed by atoms with Crippen molar-refractivity contribution in [3.05, 3.63) is 77.7 Å². The van der Waals surface area contributed by atoms with Crippen molar-refractivity contribution in [3.8, 4) is 0 Å². The van der Waals surface area contributed by atoms with E-state index < -0.39 is 0 Å². The average Bonchev–Trinajstić information content (AvgIpc) is 2.65. The summed E-state index contributed by atoms with van der Waals surface area (Å²) < 4.78 is 0. The number of hydrogen-bond donors (Lipinski definition) is 2. The molecule has 5 nitrogen and oxygen atoms in total. The molecular weight excluding hydrogens is 312 g/mol. The van der Waals surface area contributed by atoms with E-state index in [1.807, 2.05) is 6.07 Å². The molecule has 2 aromatic heterocycles. The molecule has 0 fully saturated rings. The molecule has 0 aliphatic carbocycles. The smallest absolute Gasteiger partial charge is 0.258 e. The second-order valence-corrected chi connectivity index (χ2v) is 5.72. The molecule has 25 heavy (non-hydrogen) atoms. The Balaban J connectivity index is 1.72. The van der Waals surface area contributed by atoms with Crippen molar-refractivity contribution in [2.75, 3.05) is 10.6 Å². The normalized spacial score (nSPS) is 10.3. The predicted molar refractivity (Wildman–Crippen MR) is 100 cm³/mol. The Morgan fingerprint density at radius 2 is 1.96 bits per heavy atom. The summed E-state index contributed by atoms with van der Waals surface area (Å²) in [5.41, 5.74) is 4.93. The van der Waals surface area contributed by atoms with Crippen molar-refractivity contribution < 1.29 is 4.79 Å². The fourth-order valence-electron chi connectivity index (χ4n) is 2.57. The lowest BCUT2D eigenvalue weighted by atomic mass is 10.1. The first-order valence-corrected chi connectivity index (χ1v) is 8.20. The number of para-hydroxylation sites is 1. The molecule has 0 unspecified atom stereocenters. The first kappa shape index (κ1) is 16.6. The SMILES string of the molecule is CCc1cccc(C)c1Nc1ccc(NC(=O)c2cccnc2)nc1. The lowest BCUT2D eigenvalue weighted by Crippen LogP contribution is -2.13. The Labute approximate surface area is 147 Å². The van der Waals surface area contributed by atoms with E-state index in [1.165, 1.54) is 17.3 Å². The summed E-state index contributed by atoms with van der Waals surface area (Å²) in [6, 6.07) is 13.4. The lowest BCUT2D eigenvalue weighted by Gasteiger charge is -2.14. The van der Waals surface area contributed by atoms with Crippen molar-refractivity contribution >= 4 is 23.1 Å². The van der Waals surface area contributed by atoms with E-state index in [1.54, 1.807) is 30.6 Å². The van der Waals surface area contributed by atoms with E-state index in [0.717, 1.165) is 17.8 Å². The van der Waals surface area contributed by atoms with Crippen LogP contribution in [0.3, 0.4) is 0 Å². The highest BCUT2D eigenvalue weighted by atomic mass is 16.1. The molecule has 0 radical (unpaired) electrons. The fourth-order valence-corrected chi connectivity index (χ4v) is 2.57. The van der Waals surface area contributed by atoms with Gasteiger partial charge in [-0.3, -0.25) is 9.78 Å². The van der Waals surface area contributed by atoms with Crippen LogP contribution >= 0.6 is 0 Å². The molecular formula is C20H20N4O. The largest absolute Gasteiger partial charge is 0.354 e. The average molecular weight is 332 g/mol. The zero-order valence-corrected chi connectivity index (χ0v) is 14.3. The van der Waals surface area contributed by atoms with Crippen molar-refractivity contribution in [2.45, 2.75) is 20.3 Å². The molecule has 0 atom stereocenters. The maximum atomic E-state index is 12.1. The third kappa shape index (κ3) is 4.01. The van der Waals surface area contributed by atoms with Gasteiger partial charge < -0.3 is 10.6 Å². The van der Waals surface area contributed by atoms with Gasteiger partial charge in [0.05, 0.1) is 17.4 Å². The summed E-state index contributed by atoms with van der Waals surface area (Å²) in [7, 11) is 0. The van der Waals surface area contributed by atoms with Crippen LogP contribution in [-0.4, -0.2) is 15.9 Å². The summed E-state index contributed by atoms with van der Waals surface area (Å²) in [6.07, 6.45) is 5.82. The highest BCUT2D eigenvalue weighted by Gasteiger charge is 2.08. The molecule has 0 saturated heterocycles. The fraction of sp³-hybridized carbons (Fsp3) is 0.150. The van der Waals surface area contributed by atoms with Gasteiger partial charge in [-0.2, -0.15) is 0 Å². The van der Waals surface area contributed by atoms with E-state index >= 15 is 0 Å². The van der Waals surface area contributed by atoms with Gasteiger partial charge in [-0.15, -0.1) is 0 Å². The number of nitrogens with zero attached hydrogens (tertiary/aromatic N) is 2. The highest BCUT2D eigenvalue weighted by Crippen LogP contribution is 2.25. The molecule has 1 aromatic carbocycles. The standard InChI is InChI=1S/C20H20N4O/c1-3-15-7-4-6-14(2)19(15)23-17-9-10-18(22-13-17)24-20(25)16-8-5-11-21-12-16/h4-13,23H,3H2,1-2H3,(H,22,24,25). The van der Waals surface area contributed by atoms with Crippen LogP contribution in [0.5, 0.6) is 0 Å². The minimum Gasteiger partial charge on any atom is -0.354 e. The number of aromatic nitrogens is 2. The Bertz CT molecular complexity index is 861. The minimum absolute atomic E-state index is 0.228. The Morgan fingerprint density at radius 3 is 2.64 bits per heavy atom. The van der Waals surface area contributed by atoms with Crippen LogP contribution in [0.15, 0.2) is 61.1 Å². The lowest BCUT2D eigenvalue weighted by molar-refractivity contribution is 0.102. The van der Waals surface area contributed by atoms with Gasteiger partial charge in [0, 0.05) is 18.1 Å². The molecule has 2 heterocycles. The van der Waals surface area contributed by atoms with E-state index in [9.17, 15) is 4.79 Å². The number of rotatable bonds is 5. The second kappa shape index (κ2) is 7.57. The third-order valence-corrected chi connectivity index (χ3v) is 3.94. The summed E-state index contributed by atoms with van der Waals surface area (Å²) in [5.74, 6) is 0.272. The predicted octanol–water partition coefficient (Wildman–Crippen LogP) is 4.34. The molecule has 3 rings (SSSR count). The summed E-state index contributed by atoms with van der Waals surface area (Å²) in [4.78, 5) is 20.4. The van der Waals surface area contributed by atoms with Crippen molar-refractivity contribution in [1.29, 1.82) is 0 Å². The number of carbonyl (C=O) groups excluding carboxylic acids is 1. The molecule has 0 bridgehead atoms. The Morgan fingerprint density at radius 1 is 1.08 bits per heavy atom. The van der Waals surface area contributed by atoms with E-state index in [-0.39, 0.29) is 5.91 Å². The van der Waals surface area contributed by atoms with Gasteiger partial charge in [-0.1, -0.05) is 25.1 Å². The zero-order valence-electron chi connectivity index (χ0n) is 14.3. The molecule has 0 aliphatic heterocycles. The molecule has 0 aliphatic rings. The highest BCUT2D eigenvalue weighted by molar-refractivity contribution is 6.03. The van der Waals surface area contributed by atoms with Gasteiger partial charge in [0.15, 0.2) is 0 Å². The molecule has 5 heteroatoms. The summed E-state index contributed by atoms with van der Waals surface area (Å²) >= 11 is 0. The monoisotopic (exact) mass is 332 g/mol. The van der Waals surface area contributed by atoms with Crippen LogP contribution in [0.25, 0.3) is 0 Å². The topological polar surface area (TPSA) is 66.9 Å². The number of hydrogen-bond acceptors (Lipinski definition) is 4. The number of carbonyl (C=O) groups is 1. The summed E-state index contributed by atoms with van der Waals surface area (Å²) in [6.45, 7) is 4.21. The van der Waals surface area contributed by atoms with Crippen LogP contribution in [0.1, 0.15) is 28.4 Å². The quantitative estimate of drug-likeness (QED) is 0.729. The first-order chi connectivity index (χ1) is 12.2. The van der Waals surface area contributed by atoms with Gasteiger partial charge in [-0.25, -0.2) is 4.98 Å². The van der Waals surface area contributed by atoms with Crippen molar-refractivity contribution in [1.82, 2.24) is 9.97 Å². The maximum Gasteiger partial charge on any atom is 0.258 e. The number of benzene rings is 1. The van der Waals surface area contributed by atoms with E-state index in [4.69, 9.17) is 0 Å². The number of nitrogens with one attached hydrogen (secondary N) is 2. The Kier molecular flexibility index (Phi) is 5.04. The maximum absolute atomic E-state index is 12.1. The number of aryl methyl sites for hydroxylation is 2. The van der Waals surface area contributed by atoms with Crippen molar-refractivity contribution in [3.63, 3.8) is 0 Å². The van der Waals surface area contributed by atoms with Crippen LogP contribution in [0.4, 0.5) is 17.2 Å². The Hall–Kier alpha value is -3.21. The molecule has 126 valence electrons. The van der Waals surface area contributed by atoms with Crippen molar-refractivity contribution in [2.24, 2.45) is 0 Å². The van der Waals surface area contributed by atoms with Crippen LogP contribution in [0.2, 0.25) is 0 Å². The van der Waals surface area contributed by atoms with Crippen LogP contribution in [-0.2, 0) is 6.42 Å². The molecule has 3 aromatic rings. The zero-order chi connectivity index (χ0) is 17.6. The van der Waals surface area contributed by atoms with Gasteiger partial charge in [0.1, 0.15) is 5.82 Å². The minimum atomic E-state index is -0.228. The van der Waals surface area contributed by atoms with Gasteiger partial charge in [0.25, 0.3) is 5.91 Å². The number of amides is 1. The van der Waals surface area contributed by atoms with E-state index in [0.29, 0.717) is 11.4 Å². The van der Waals surface area contributed by atoms with E-state index in [2.05, 4.69) is 52.6 Å². The molecule has 2 N–H and O–H groups in total. The molecule has 1 amide bonds. The first-order valence-electron chi connectivity index (χ1n) is 8.20. The molecule has 0 saturated carbocycles. The number of pyridine rings is 2. The van der Waals surface area contributed by atoms with Gasteiger partial charge >= 0.3 is 0 Å². The summed E-state index contributed by atoms with van der Waals surface area (Å²) in [5, 5.41) is 6.18. The van der Waals surface area contributed by atoms with Crippen LogP contribution in [0, 0.1) is 6.92 Å². The van der Waals surface area contributed by atoms with Crippen LogP contribution < -0.4 is 10.6 Å². The molecule has 0 spiro atoms.